The molecule has 0 bridgehead atoms. The summed E-state index contributed by atoms with van der Waals surface area (Å²) in [5, 5.41) is 4.98. The Labute approximate surface area is 160 Å². The number of ether oxygens (including phenoxy) is 1. The molecule has 0 saturated carbocycles. The van der Waals surface area contributed by atoms with E-state index in [1.54, 1.807) is 30.3 Å². The molecule has 2 aromatic rings. The van der Waals surface area contributed by atoms with Gasteiger partial charge in [-0.25, -0.2) is 5.43 Å². The third-order valence-electron chi connectivity index (χ3n) is 3.13. The number of aryl methyl sites for hydroxylation is 1. The SMILES string of the molecule is C#CCOc1c(Cl)cc(/C=N\NC(=O)c2ccc(C)c(Cl)c2)cc1Cl. The van der Waals surface area contributed by atoms with E-state index in [1.165, 1.54) is 6.21 Å². The fourth-order valence-electron chi connectivity index (χ4n) is 1.87. The lowest BCUT2D eigenvalue weighted by atomic mass is 10.1. The van der Waals surface area contributed by atoms with Crippen LogP contribution in [0, 0.1) is 19.3 Å². The van der Waals surface area contributed by atoms with E-state index in [0.29, 0.717) is 31.9 Å². The van der Waals surface area contributed by atoms with Gasteiger partial charge in [-0.2, -0.15) is 5.10 Å². The predicted molar refractivity (Wildman–Crippen MR) is 102 cm³/mol. The average molecular weight is 396 g/mol. The van der Waals surface area contributed by atoms with Gasteiger partial charge in [-0.1, -0.05) is 46.8 Å². The summed E-state index contributed by atoms with van der Waals surface area (Å²) in [5.41, 5.74) is 4.29. The van der Waals surface area contributed by atoms with Gasteiger partial charge >= 0.3 is 0 Å². The molecule has 0 saturated heterocycles. The van der Waals surface area contributed by atoms with Crippen LogP contribution in [-0.2, 0) is 0 Å². The number of carbonyl (C=O) groups excluding carboxylic acids is 1. The summed E-state index contributed by atoms with van der Waals surface area (Å²) in [7, 11) is 0. The third kappa shape index (κ3) is 5.14. The van der Waals surface area contributed by atoms with E-state index in [2.05, 4.69) is 16.4 Å². The molecule has 0 aromatic heterocycles. The zero-order chi connectivity index (χ0) is 18.4. The smallest absolute Gasteiger partial charge is 0.271 e. The van der Waals surface area contributed by atoms with E-state index in [-0.39, 0.29) is 12.5 Å². The highest BCUT2D eigenvalue weighted by Crippen LogP contribution is 2.33. The Balaban J connectivity index is 2.08. The number of nitrogens with zero attached hydrogens (tertiary/aromatic N) is 1. The second-order valence-electron chi connectivity index (χ2n) is 4.97. The highest BCUT2D eigenvalue weighted by atomic mass is 35.5. The van der Waals surface area contributed by atoms with Gasteiger partial charge in [-0.15, -0.1) is 6.42 Å². The molecule has 0 fully saturated rings. The van der Waals surface area contributed by atoms with Crippen LogP contribution in [0.3, 0.4) is 0 Å². The van der Waals surface area contributed by atoms with Gasteiger partial charge in [0.2, 0.25) is 0 Å². The zero-order valence-corrected chi connectivity index (χ0v) is 15.4. The molecule has 0 spiro atoms. The second-order valence-corrected chi connectivity index (χ2v) is 6.19. The van der Waals surface area contributed by atoms with E-state index >= 15 is 0 Å². The molecule has 4 nitrogen and oxygen atoms in total. The van der Waals surface area contributed by atoms with Crippen molar-refractivity contribution in [2.24, 2.45) is 5.10 Å². The van der Waals surface area contributed by atoms with Crippen molar-refractivity contribution in [2.45, 2.75) is 6.92 Å². The Morgan fingerprint density at radius 3 is 2.52 bits per heavy atom. The van der Waals surface area contributed by atoms with Crippen molar-refractivity contribution < 1.29 is 9.53 Å². The van der Waals surface area contributed by atoms with Crippen LogP contribution in [0.4, 0.5) is 0 Å². The molecule has 128 valence electrons. The van der Waals surface area contributed by atoms with Gasteiger partial charge in [-0.05, 0) is 42.3 Å². The molecule has 7 heteroatoms. The van der Waals surface area contributed by atoms with E-state index in [9.17, 15) is 4.79 Å². The lowest BCUT2D eigenvalue weighted by Gasteiger charge is -2.08. The number of amides is 1. The van der Waals surface area contributed by atoms with Gasteiger partial charge in [0.1, 0.15) is 6.61 Å². The van der Waals surface area contributed by atoms with Gasteiger partial charge in [0, 0.05) is 10.6 Å². The fourth-order valence-corrected chi connectivity index (χ4v) is 2.66. The van der Waals surface area contributed by atoms with Crippen molar-refractivity contribution in [1.29, 1.82) is 0 Å². The topological polar surface area (TPSA) is 50.7 Å². The first-order valence-electron chi connectivity index (χ1n) is 7.07. The van der Waals surface area contributed by atoms with Crippen LogP contribution < -0.4 is 10.2 Å². The summed E-state index contributed by atoms with van der Waals surface area (Å²) < 4.78 is 5.27. The van der Waals surface area contributed by atoms with Crippen LogP contribution in [0.25, 0.3) is 0 Å². The molecule has 1 amide bonds. The normalized spacial score (nSPS) is 10.5. The molecule has 0 heterocycles. The summed E-state index contributed by atoms with van der Waals surface area (Å²) >= 11 is 18.2. The maximum atomic E-state index is 12.0. The van der Waals surface area contributed by atoms with E-state index in [4.69, 9.17) is 46.0 Å². The molecule has 0 radical (unpaired) electrons. The Hall–Kier alpha value is -2.19. The van der Waals surface area contributed by atoms with Crippen molar-refractivity contribution in [3.8, 4) is 18.1 Å². The van der Waals surface area contributed by atoms with Crippen LogP contribution in [0.5, 0.6) is 5.75 Å². The zero-order valence-electron chi connectivity index (χ0n) is 13.1. The number of hydrogen-bond donors (Lipinski definition) is 1. The molecule has 0 aliphatic rings. The molecule has 1 N–H and O–H groups in total. The Morgan fingerprint density at radius 2 is 1.92 bits per heavy atom. The van der Waals surface area contributed by atoms with Crippen LogP contribution in [0.1, 0.15) is 21.5 Å². The van der Waals surface area contributed by atoms with Crippen LogP contribution >= 0.6 is 34.8 Å². The summed E-state index contributed by atoms with van der Waals surface area (Å²) in [5.74, 6) is 2.25. The van der Waals surface area contributed by atoms with Crippen LogP contribution in [0.2, 0.25) is 15.1 Å². The number of hydrogen-bond acceptors (Lipinski definition) is 3. The number of carbonyl (C=O) groups is 1. The molecule has 0 atom stereocenters. The standard InChI is InChI=1S/C18H13Cl3N2O2/c1-3-6-25-17-15(20)7-12(8-16(17)21)10-22-23-18(24)13-5-4-11(2)14(19)9-13/h1,4-5,7-10H,6H2,2H3,(H,23,24)/b22-10-. The highest BCUT2D eigenvalue weighted by Gasteiger charge is 2.09. The third-order valence-corrected chi connectivity index (χ3v) is 4.10. The number of rotatable bonds is 5. The number of halogens is 3. The summed E-state index contributed by atoms with van der Waals surface area (Å²) in [6.07, 6.45) is 6.55. The minimum atomic E-state index is -0.385. The first-order chi connectivity index (χ1) is 11.9. The molecule has 2 rings (SSSR count). The first kappa shape index (κ1) is 19.1. The molecular formula is C18H13Cl3N2O2. The molecule has 2 aromatic carbocycles. The number of nitrogens with one attached hydrogen (secondary N) is 1. The van der Waals surface area contributed by atoms with Crippen molar-refractivity contribution in [3.05, 3.63) is 62.1 Å². The van der Waals surface area contributed by atoms with Crippen LogP contribution in [0.15, 0.2) is 35.4 Å². The lowest BCUT2D eigenvalue weighted by molar-refractivity contribution is 0.0955. The molecule has 0 unspecified atom stereocenters. The van der Waals surface area contributed by atoms with Crippen LogP contribution in [-0.4, -0.2) is 18.7 Å². The van der Waals surface area contributed by atoms with Gasteiger partial charge in [-0.3, -0.25) is 4.79 Å². The van der Waals surface area contributed by atoms with Gasteiger partial charge in [0.05, 0.1) is 16.3 Å². The summed E-state index contributed by atoms with van der Waals surface area (Å²) in [6.45, 7) is 1.91. The number of terminal acetylenes is 1. The Kier molecular flexibility index (Phi) is 6.72. The Morgan fingerprint density at radius 1 is 1.24 bits per heavy atom. The van der Waals surface area contributed by atoms with E-state index in [0.717, 1.165) is 5.56 Å². The van der Waals surface area contributed by atoms with Gasteiger partial charge in [0.25, 0.3) is 5.91 Å². The molecule has 0 aliphatic heterocycles. The minimum Gasteiger partial charge on any atom is -0.478 e. The molecule has 25 heavy (non-hydrogen) atoms. The quantitative estimate of drug-likeness (QED) is 0.452. The minimum absolute atomic E-state index is 0.0576. The molecular weight excluding hydrogens is 383 g/mol. The summed E-state index contributed by atoms with van der Waals surface area (Å²) in [4.78, 5) is 12.0. The number of hydrazone groups is 1. The second kappa shape index (κ2) is 8.77. The highest BCUT2D eigenvalue weighted by molar-refractivity contribution is 6.37. The first-order valence-corrected chi connectivity index (χ1v) is 8.20. The lowest BCUT2D eigenvalue weighted by Crippen LogP contribution is -2.17. The Bertz CT molecular complexity index is 850. The van der Waals surface area contributed by atoms with E-state index < -0.39 is 0 Å². The van der Waals surface area contributed by atoms with Gasteiger partial charge < -0.3 is 4.74 Å². The van der Waals surface area contributed by atoms with E-state index in [1.807, 2.05) is 6.92 Å². The maximum Gasteiger partial charge on any atom is 0.271 e. The average Bonchev–Trinajstić information content (AvgIpc) is 2.56. The van der Waals surface area contributed by atoms with Gasteiger partial charge in [0.15, 0.2) is 5.75 Å². The predicted octanol–water partition coefficient (Wildman–Crippen LogP) is 4.73. The van der Waals surface area contributed by atoms with Crippen molar-refractivity contribution in [2.75, 3.05) is 6.61 Å². The van der Waals surface area contributed by atoms with Crippen molar-refractivity contribution >= 4 is 46.9 Å². The monoisotopic (exact) mass is 394 g/mol. The molecule has 0 aliphatic carbocycles. The fraction of sp³-hybridized carbons (Fsp3) is 0.111. The maximum absolute atomic E-state index is 12.0. The van der Waals surface area contributed by atoms with Crippen molar-refractivity contribution in [1.82, 2.24) is 5.43 Å². The van der Waals surface area contributed by atoms with Crippen molar-refractivity contribution in [3.63, 3.8) is 0 Å². The number of benzene rings is 2. The summed E-state index contributed by atoms with van der Waals surface area (Å²) in [6, 6.07) is 8.19. The largest absolute Gasteiger partial charge is 0.478 e.